The molecule has 0 aliphatic rings. The molecule has 0 aliphatic heterocycles. The summed E-state index contributed by atoms with van der Waals surface area (Å²) in [5, 5.41) is 133. The quantitative estimate of drug-likeness (QED) is 0.0210. The van der Waals surface area contributed by atoms with Crippen LogP contribution in [0.25, 0.3) is 0 Å². The average Bonchev–Trinajstić information content (AvgIpc) is 3.17. The topological polar surface area (TPSA) is 443 Å². The molecule has 8 atom stereocenters. The Morgan fingerprint density at radius 1 is 0.483 bits per heavy atom. The average molecular weight is 1020 g/mol. The van der Waals surface area contributed by atoms with Gasteiger partial charge in [0.25, 0.3) is 0 Å². The Hall–Kier alpha value is -2.91. The monoisotopic (exact) mass is 1020 g/mol. The van der Waals surface area contributed by atoms with Gasteiger partial charge < -0.3 is 101 Å². The van der Waals surface area contributed by atoms with Crippen molar-refractivity contribution < 1.29 is 149 Å². The molecule has 1 radical (unpaired) electrons. The Morgan fingerprint density at radius 3 is 1.08 bits per heavy atom. The number of aliphatic hydroxyl groups is 10. The van der Waals surface area contributed by atoms with Gasteiger partial charge in [0.15, 0.2) is 12.2 Å². The van der Waals surface area contributed by atoms with Crippen LogP contribution < -0.4 is 26.0 Å². The number of amides is 2. The summed E-state index contributed by atoms with van der Waals surface area (Å²) in [7, 11) is 0. The van der Waals surface area contributed by atoms with Crippen LogP contribution in [0.5, 0.6) is 0 Å². The molecule has 0 unspecified atom stereocenters. The summed E-state index contributed by atoms with van der Waals surface area (Å²) >= 11 is 0. The smallest absolute Gasteiger partial charge is 0.549 e. The molecule has 28 heteroatoms. The van der Waals surface area contributed by atoms with E-state index in [1.54, 1.807) is 0 Å². The molecule has 27 nitrogen and oxygen atoms in total. The maximum atomic E-state index is 12.5. The van der Waals surface area contributed by atoms with Crippen molar-refractivity contribution in [3.8, 4) is 0 Å². The molecule has 0 heterocycles. The zero-order valence-electron chi connectivity index (χ0n) is 32.2. The number of hydrogen-bond donors (Lipinski definition) is 12. The van der Waals surface area contributed by atoms with Crippen LogP contribution in [0, 0.1) is 39.9 Å². The van der Waals surface area contributed by atoms with Gasteiger partial charge >= 0.3 is 51.9 Å². The van der Waals surface area contributed by atoms with Crippen molar-refractivity contribution in [2.75, 3.05) is 98.4 Å². The summed E-state index contributed by atoms with van der Waals surface area (Å²) in [6, 6.07) is 0. The Bertz CT molecular complexity index is 1230. The number of carbonyl (C=O) groups excluding carboxylic acids is 7. The second kappa shape index (κ2) is 32.8. The van der Waals surface area contributed by atoms with Gasteiger partial charge in [-0.3, -0.25) is 24.3 Å². The summed E-state index contributed by atoms with van der Waals surface area (Å²) in [4.78, 5) is 86.2. The zero-order chi connectivity index (χ0) is 45.2. The third-order valence-electron chi connectivity index (χ3n) is 8.03. The molecule has 0 aromatic heterocycles. The second-order valence-electron chi connectivity index (χ2n) is 12.9. The van der Waals surface area contributed by atoms with Gasteiger partial charge in [-0.05, 0) is 12.8 Å². The molecule has 347 valence electrons. The molecule has 0 rings (SSSR count). The normalized spacial score (nSPS) is 15.4. The Morgan fingerprint density at radius 2 is 0.783 bits per heavy atom. The molecule has 0 aliphatic carbocycles. The van der Waals surface area contributed by atoms with E-state index in [4.69, 9.17) is 19.7 Å². The third-order valence-corrected chi connectivity index (χ3v) is 8.03. The van der Waals surface area contributed by atoms with E-state index in [1.165, 1.54) is 4.90 Å². The van der Waals surface area contributed by atoms with Crippen molar-refractivity contribution in [2.45, 2.75) is 61.7 Å². The Balaban J connectivity index is 0. The fraction of sp³-hybridized carbons (Fsp3) is 0.781. The molecular weight excluding hydrogens is 964 g/mol. The maximum Gasteiger partial charge on any atom is 3.00 e. The molecule has 60 heavy (non-hydrogen) atoms. The van der Waals surface area contributed by atoms with E-state index in [2.05, 4.69) is 10.6 Å². The summed E-state index contributed by atoms with van der Waals surface area (Å²) in [5.74, 6) is -8.97. The van der Waals surface area contributed by atoms with Gasteiger partial charge in [0.2, 0.25) is 11.8 Å². The van der Waals surface area contributed by atoms with Crippen LogP contribution in [0.3, 0.4) is 0 Å². The van der Waals surface area contributed by atoms with Crippen LogP contribution in [-0.2, 0) is 43.0 Å². The van der Waals surface area contributed by atoms with Crippen LogP contribution in [0.2, 0.25) is 0 Å². The van der Waals surface area contributed by atoms with Gasteiger partial charge in [-0.15, -0.1) is 0 Å². The van der Waals surface area contributed by atoms with Gasteiger partial charge in [-0.25, -0.2) is 9.59 Å². The van der Waals surface area contributed by atoms with Crippen molar-refractivity contribution in [3.05, 3.63) is 0 Å². The zero-order valence-corrected chi connectivity index (χ0v) is 34.5. The molecule has 0 spiro atoms. The minimum atomic E-state index is -2.28. The van der Waals surface area contributed by atoms with Crippen LogP contribution in [-0.4, -0.2) is 255 Å². The van der Waals surface area contributed by atoms with E-state index < -0.39 is 150 Å². The fourth-order valence-electron chi connectivity index (χ4n) is 4.77. The first-order valence-electron chi connectivity index (χ1n) is 17.9. The minimum Gasteiger partial charge on any atom is -0.549 e. The number of nitrogens with zero attached hydrogens (tertiary/aromatic N) is 3. The van der Waals surface area contributed by atoms with Crippen molar-refractivity contribution in [3.63, 3.8) is 0 Å². The van der Waals surface area contributed by atoms with Gasteiger partial charge in [-0.2, -0.15) is 0 Å². The van der Waals surface area contributed by atoms with E-state index in [0.29, 0.717) is 0 Å². The molecule has 0 aromatic carbocycles. The molecule has 2 amide bonds. The van der Waals surface area contributed by atoms with Crippen molar-refractivity contribution in [2.24, 2.45) is 0 Å². The number of carboxylic acid groups (broad SMARTS) is 3. The number of rotatable bonds is 34. The number of nitrogens with one attached hydrogen (secondary N) is 2. The summed E-state index contributed by atoms with van der Waals surface area (Å²) in [5.41, 5.74) is 0. The molecular formula is C32H54GdN5O22. The minimum absolute atomic E-state index is 0. The van der Waals surface area contributed by atoms with Gasteiger partial charge in [0.1, 0.15) is 36.6 Å². The van der Waals surface area contributed by atoms with Crippen LogP contribution in [0.15, 0.2) is 0 Å². The van der Waals surface area contributed by atoms with Gasteiger partial charge in [0.05, 0.1) is 57.4 Å². The van der Waals surface area contributed by atoms with E-state index in [9.17, 15) is 89.7 Å². The van der Waals surface area contributed by atoms with E-state index >= 15 is 0 Å². The van der Waals surface area contributed by atoms with E-state index in [1.807, 2.05) is 0 Å². The fourth-order valence-corrected chi connectivity index (χ4v) is 4.77. The number of carbonyl (C=O) groups is 7. The standard InChI is InChI=1S/C32H57N5O22.Gd/c38-16-18(40)25(50)27(52)29(54)31(56)58-9-1-3-33-20(42)11-36(14-23(46)47)7-5-35(13-22(44)45)6-8-37(15-24(48)49)12-21(43)34-4-2-10-59-32(57)30(55)28(53)26(51)19(41)17-39;/h18-19,25-30,38-41,50-55H,1-17H2,(H,33,42)(H,34,43)(H,44,45)(H,46,47)(H,48,49);/q;+3/p-3/t18-,19-,25-,26-,27+,28+,29-,30-;/m1./s1. The molecule has 0 saturated heterocycles. The van der Waals surface area contributed by atoms with E-state index in [-0.39, 0.29) is 92.1 Å². The maximum absolute atomic E-state index is 12.5. The first-order chi connectivity index (χ1) is 27.6. The first kappa shape index (κ1) is 59.2. The van der Waals surface area contributed by atoms with Crippen molar-refractivity contribution >= 4 is 41.7 Å². The number of carboxylic acids is 3. The summed E-state index contributed by atoms with van der Waals surface area (Å²) in [6.07, 6.45) is -16.8. The number of aliphatic carboxylic acids is 3. The van der Waals surface area contributed by atoms with Crippen LogP contribution >= 0.6 is 0 Å². The number of aliphatic hydroxyl groups excluding tert-OH is 10. The van der Waals surface area contributed by atoms with Gasteiger partial charge in [-0.1, -0.05) is 0 Å². The van der Waals surface area contributed by atoms with Crippen molar-refractivity contribution in [1.29, 1.82) is 0 Å². The molecule has 0 saturated carbocycles. The molecule has 12 N–H and O–H groups in total. The predicted molar refractivity (Wildman–Crippen MR) is 184 cm³/mol. The molecule has 0 aromatic rings. The van der Waals surface area contributed by atoms with Crippen LogP contribution in [0.1, 0.15) is 12.8 Å². The van der Waals surface area contributed by atoms with Crippen LogP contribution in [0.4, 0.5) is 0 Å². The number of esters is 2. The van der Waals surface area contributed by atoms with Crippen molar-refractivity contribution in [1.82, 2.24) is 25.3 Å². The van der Waals surface area contributed by atoms with Gasteiger partial charge in [0, 0.05) is 58.9 Å². The third kappa shape index (κ3) is 25.8. The SMILES string of the molecule is O=C([O-])CN(CCN(CC(=O)[O-])CC(=O)NCCCOC(=O)[C@H](O)[C@@H](O)[C@H](O)[C@H](O)CO)CCN(CC(=O)[O-])CC(=O)NCCCOC(=O)[C@H](O)[C@@H](O)[C@H](O)[C@H](O)CO.[Gd+3]. The molecule has 0 bridgehead atoms. The first-order valence-corrected chi connectivity index (χ1v) is 17.9. The number of hydrogen-bond acceptors (Lipinski definition) is 25. The predicted octanol–water partition coefficient (Wildman–Crippen LogP) is -13.9. The largest absolute Gasteiger partial charge is 3.00 e. The molecule has 0 fully saturated rings. The second-order valence-corrected chi connectivity index (χ2v) is 12.9. The summed E-state index contributed by atoms with van der Waals surface area (Å²) < 4.78 is 9.45. The Labute approximate surface area is 374 Å². The number of ether oxygens (including phenoxy) is 2. The van der Waals surface area contributed by atoms with E-state index in [0.717, 1.165) is 9.80 Å². The summed E-state index contributed by atoms with van der Waals surface area (Å²) in [6.45, 7) is -7.29. The Kier molecular flexibility index (Phi) is 32.3.